The largest absolute Gasteiger partial charge is 0.409 e. The van der Waals surface area contributed by atoms with Gasteiger partial charge in [0.15, 0.2) is 5.84 Å². The topological polar surface area (TPSA) is 96.9 Å². The van der Waals surface area contributed by atoms with Crippen LogP contribution in [0.15, 0.2) is 23.4 Å². The molecule has 1 unspecified atom stereocenters. The highest BCUT2D eigenvalue weighted by atomic mass is 19.1. The molecule has 0 aliphatic carbocycles. The van der Waals surface area contributed by atoms with Crippen molar-refractivity contribution in [3.05, 3.63) is 29.6 Å². The van der Waals surface area contributed by atoms with Gasteiger partial charge in [-0.2, -0.15) is 0 Å². The lowest BCUT2D eigenvalue weighted by molar-refractivity contribution is -0.123. The second kappa shape index (κ2) is 6.33. The number of nitrogens with zero attached hydrogens (tertiary/aromatic N) is 1. The van der Waals surface area contributed by atoms with Crippen molar-refractivity contribution in [2.24, 2.45) is 16.8 Å². The minimum atomic E-state index is -0.640. The molecule has 1 amide bonds. The van der Waals surface area contributed by atoms with E-state index in [1.165, 1.54) is 12.1 Å². The molecule has 20 heavy (non-hydrogen) atoms. The minimum absolute atomic E-state index is 0.0649. The number of hydrogen-bond acceptors (Lipinski definition) is 4. The molecule has 0 radical (unpaired) electrons. The van der Waals surface area contributed by atoms with E-state index in [-0.39, 0.29) is 28.9 Å². The van der Waals surface area contributed by atoms with Crippen molar-refractivity contribution >= 4 is 17.4 Å². The number of amides is 1. The minimum Gasteiger partial charge on any atom is -0.409 e. The Balaban J connectivity index is 2.07. The number of carbonyl (C=O) groups is 1. The van der Waals surface area contributed by atoms with Crippen molar-refractivity contribution in [3.8, 4) is 0 Å². The van der Waals surface area contributed by atoms with Crippen molar-refractivity contribution in [2.45, 2.75) is 12.8 Å². The summed E-state index contributed by atoms with van der Waals surface area (Å²) in [6, 6.07) is 3.94. The van der Waals surface area contributed by atoms with E-state index in [9.17, 15) is 9.18 Å². The van der Waals surface area contributed by atoms with Gasteiger partial charge >= 0.3 is 0 Å². The number of anilines is 1. The summed E-state index contributed by atoms with van der Waals surface area (Å²) in [7, 11) is 0. The second-order valence-electron chi connectivity index (χ2n) is 4.58. The smallest absolute Gasteiger partial charge is 0.229 e. The highest BCUT2D eigenvalue weighted by molar-refractivity contribution is 5.98. The number of halogens is 1. The van der Waals surface area contributed by atoms with E-state index in [1.807, 2.05) is 0 Å². The molecule has 7 heteroatoms. The SMILES string of the molecule is N/C(=N/O)c1ccc(NC(=O)C2CCCOC2)c(F)c1. The summed E-state index contributed by atoms with van der Waals surface area (Å²) in [5.41, 5.74) is 5.67. The Morgan fingerprint density at radius 3 is 2.95 bits per heavy atom. The number of ether oxygens (including phenoxy) is 1. The molecule has 2 rings (SSSR count). The molecule has 1 atom stereocenters. The van der Waals surface area contributed by atoms with Gasteiger partial charge in [0.25, 0.3) is 0 Å². The summed E-state index contributed by atoms with van der Waals surface area (Å²) < 4.78 is 19.1. The van der Waals surface area contributed by atoms with Crippen LogP contribution in [-0.4, -0.2) is 30.2 Å². The molecule has 0 saturated carbocycles. The van der Waals surface area contributed by atoms with Crippen molar-refractivity contribution in [3.63, 3.8) is 0 Å². The van der Waals surface area contributed by atoms with Crippen LogP contribution < -0.4 is 11.1 Å². The zero-order chi connectivity index (χ0) is 14.5. The number of hydrogen-bond donors (Lipinski definition) is 3. The molecule has 6 nitrogen and oxygen atoms in total. The van der Waals surface area contributed by atoms with Gasteiger partial charge in [0.2, 0.25) is 5.91 Å². The van der Waals surface area contributed by atoms with Gasteiger partial charge in [-0.05, 0) is 31.0 Å². The zero-order valence-electron chi connectivity index (χ0n) is 10.8. The number of benzene rings is 1. The Labute approximate surface area is 115 Å². The molecule has 1 heterocycles. The van der Waals surface area contributed by atoms with Crippen LogP contribution in [-0.2, 0) is 9.53 Å². The van der Waals surface area contributed by atoms with E-state index < -0.39 is 5.82 Å². The van der Waals surface area contributed by atoms with Gasteiger partial charge in [-0.1, -0.05) is 5.16 Å². The maximum Gasteiger partial charge on any atom is 0.229 e. The summed E-state index contributed by atoms with van der Waals surface area (Å²) >= 11 is 0. The Morgan fingerprint density at radius 2 is 2.35 bits per heavy atom. The fourth-order valence-corrected chi connectivity index (χ4v) is 2.02. The van der Waals surface area contributed by atoms with Gasteiger partial charge in [0.05, 0.1) is 18.2 Å². The van der Waals surface area contributed by atoms with Gasteiger partial charge in [-0.25, -0.2) is 4.39 Å². The van der Waals surface area contributed by atoms with Crippen LogP contribution in [0.4, 0.5) is 10.1 Å². The van der Waals surface area contributed by atoms with E-state index in [1.54, 1.807) is 0 Å². The molecule has 1 fully saturated rings. The Hall–Kier alpha value is -2.15. The number of nitrogens with one attached hydrogen (secondary N) is 1. The average molecular weight is 281 g/mol. The zero-order valence-corrected chi connectivity index (χ0v) is 10.8. The molecular formula is C13H16FN3O3. The number of nitrogens with two attached hydrogens (primary N) is 1. The van der Waals surface area contributed by atoms with Crippen LogP contribution in [0.25, 0.3) is 0 Å². The fraction of sp³-hybridized carbons (Fsp3) is 0.385. The van der Waals surface area contributed by atoms with E-state index in [0.29, 0.717) is 13.2 Å². The lowest BCUT2D eigenvalue weighted by Crippen LogP contribution is -2.30. The van der Waals surface area contributed by atoms with Gasteiger partial charge in [0, 0.05) is 12.2 Å². The first-order valence-corrected chi connectivity index (χ1v) is 6.28. The third kappa shape index (κ3) is 3.24. The first-order valence-electron chi connectivity index (χ1n) is 6.28. The van der Waals surface area contributed by atoms with Crippen molar-refractivity contribution in [1.29, 1.82) is 0 Å². The first-order chi connectivity index (χ1) is 9.61. The molecule has 108 valence electrons. The van der Waals surface area contributed by atoms with Gasteiger partial charge in [-0.3, -0.25) is 4.79 Å². The normalized spacial score (nSPS) is 19.6. The average Bonchev–Trinajstić information content (AvgIpc) is 2.49. The first kappa shape index (κ1) is 14.3. The number of rotatable bonds is 3. The van der Waals surface area contributed by atoms with Crippen LogP contribution in [0.5, 0.6) is 0 Å². The Morgan fingerprint density at radius 1 is 1.55 bits per heavy atom. The second-order valence-corrected chi connectivity index (χ2v) is 4.58. The van der Waals surface area contributed by atoms with Crippen LogP contribution >= 0.6 is 0 Å². The van der Waals surface area contributed by atoms with E-state index in [2.05, 4.69) is 10.5 Å². The molecule has 0 spiro atoms. The maximum absolute atomic E-state index is 13.8. The fourth-order valence-electron chi connectivity index (χ4n) is 2.02. The van der Waals surface area contributed by atoms with Crippen molar-refractivity contribution < 1.29 is 19.1 Å². The molecule has 1 aromatic rings. The van der Waals surface area contributed by atoms with Crippen molar-refractivity contribution in [1.82, 2.24) is 0 Å². The van der Waals surface area contributed by atoms with E-state index in [0.717, 1.165) is 18.9 Å². The van der Waals surface area contributed by atoms with Crippen LogP contribution in [0.2, 0.25) is 0 Å². The monoisotopic (exact) mass is 281 g/mol. The molecule has 4 N–H and O–H groups in total. The molecule has 1 aromatic carbocycles. The lowest BCUT2D eigenvalue weighted by Gasteiger charge is -2.21. The summed E-state index contributed by atoms with van der Waals surface area (Å²) in [5, 5.41) is 13.8. The van der Waals surface area contributed by atoms with Gasteiger partial charge in [0.1, 0.15) is 5.82 Å². The van der Waals surface area contributed by atoms with Crippen molar-refractivity contribution in [2.75, 3.05) is 18.5 Å². The quantitative estimate of drug-likeness (QED) is 0.336. The summed E-state index contributed by atoms with van der Waals surface area (Å²) in [6.45, 7) is 1.02. The van der Waals surface area contributed by atoms with E-state index in [4.69, 9.17) is 15.7 Å². The number of oxime groups is 1. The maximum atomic E-state index is 13.8. The predicted molar refractivity (Wildman–Crippen MR) is 71.1 cm³/mol. The highest BCUT2D eigenvalue weighted by Gasteiger charge is 2.22. The Kier molecular flexibility index (Phi) is 4.52. The van der Waals surface area contributed by atoms with Gasteiger partial charge < -0.3 is 21.0 Å². The molecule has 0 bridgehead atoms. The highest BCUT2D eigenvalue weighted by Crippen LogP contribution is 2.19. The third-order valence-corrected chi connectivity index (χ3v) is 3.16. The number of amidine groups is 1. The standard InChI is InChI=1S/C13H16FN3O3/c14-10-6-8(12(15)17-19)3-4-11(10)16-13(18)9-2-1-5-20-7-9/h3-4,6,9,19H,1-2,5,7H2,(H2,15,17)(H,16,18). The number of carbonyl (C=O) groups excluding carboxylic acids is 1. The third-order valence-electron chi connectivity index (χ3n) is 3.16. The predicted octanol–water partition coefficient (Wildman–Crippen LogP) is 1.29. The molecule has 0 aromatic heterocycles. The summed E-state index contributed by atoms with van der Waals surface area (Å²) in [5.74, 6) is -1.35. The van der Waals surface area contributed by atoms with Crippen LogP contribution in [0.1, 0.15) is 18.4 Å². The lowest BCUT2D eigenvalue weighted by atomic mass is 10.0. The summed E-state index contributed by atoms with van der Waals surface area (Å²) in [4.78, 5) is 11.9. The Bertz CT molecular complexity index is 528. The van der Waals surface area contributed by atoms with Crippen LogP contribution in [0, 0.1) is 11.7 Å². The molecular weight excluding hydrogens is 265 g/mol. The molecule has 1 aliphatic heterocycles. The van der Waals surface area contributed by atoms with E-state index >= 15 is 0 Å². The molecule has 1 aliphatic rings. The molecule has 1 saturated heterocycles. The summed E-state index contributed by atoms with van der Waals surface area (Å²) in [6.07, 6.45) is 1.55. The van der Waals surface area contributed by atoms with Gasteiger partial charge in [-0.15, -0.1) is 0 Å². The van der Waals surface area contributed by atoms with Crippen LogP contribution in [0.3, 0.4) is 0 Å².